The molecule has 2 saturated heterocycles. The number of nitrogens with zero attached hydrogens (tertiary/aromatic N) is 3. The lowest BCUT2D eigenvalue weighted by atomic mass is 9.93. The third kappa shape index (κ3) is 4.76. The number of likely N-dealkylation sites (tertiary alicyclic amines) is 1. The Bertz CT molecular complexity index is 732. The molecule has 1 aromatic heterocycles. The van der Waals surface area contributed by atoms with E-state index in [4.69, 9.17) is 4.74 Å². The molecule has 3 heterocycles. The SMILES string of the molecule is O=C(CN1CCC(c2cc(Cc3ccccc3)[nH]n2)CC1)N1CCOCC1. The standard InChI is InChI=1S/C21H28N4O2/c26-21(25-10-12-27-13-11-25)16-24-8-6-18(7-9-24)20-15-19(22-23-20)14-17-4-2-1-3-5-17/h1-5,15,18H,6-14,16H2,(H,22,23). The molecule has 0 spiro atoms. The summed E-state index contributed by atoms with van der Waals surface area (Å²) in [7, 11) is 0. The van der Waals surface area contributed by atoms with Crippen molar-refractivity contribution in [2.24, 2.45) is 0 Å². The van der Waals surface area contributed by atoms with Crippen LogP contribution in [0.5, 0.6) is 0 Å². The summed E-state index contributed by atoms with van der Waals surface area (Å²) in [6.45, 7) is 5.24. The largest absolute Gasteiger partial charge is 0.378 e. The van der Waals surface area contributed by atoms with Gasteiger partial charge in [0.25, 0.3) is 0 Å². The topological polar surface area (TPSA) is 61.5 Å². The first-order valence-corrected chi connectivity index (χ1v) is 9.94. The summed E-state index contributed by atoms with van der Waals surface area (Å²) in [6, 6.07) is 12.7. The van der Waals surface area contributed by atoms with E-state index in [0.29, 0.717) is 25.7 Å². The second-order valence-electron chi connectivity index (χ2n) is 7.52. The number of rotatable bonds is 5. The Balaban J connectivity index is 1.26. The van der Waals surface area contributed by atoms with E-state index in [0.717, 1.165) is 45.4 Å². The number of H-pyrrole nitrogens is 1. The Morgan fingerprint density at radius 3 is 2.59 bits per heavy atom. The number of aromatic nitrogens is 2. The van der Waals surface area contributed by atoms with E-state index < -0.39 is 0 Å². The van der Waals surface area contributed by atoms with Gasteiger partial charge in [-0.2, -0.15) is 5.10 Å². The number of hydrogen-bond donors (Lipinski definition) is 1. The van der Waals surface area contributed by atoms with E-state index in [1.54, 1.807) is 0 Å². The van der Waals surface area contributed by atoms with Crippen LogP contribution in [0.15, 0.2) is 36.4 Å². The number of amides is 1. The van der Waals surface area contributed by atoms with Gasteiger partial charge in [-0.1, -0.05) is 30.3 Å². The van der Waals surface area contributed by atoms with Gasteiger partial charge in [0.15, 0.2) is 0 Å². The molecule has 1 amide bonds. The molecule has 0 radical (unpaired) electrons. The Labute approximate surface area is 160 Å². The highest BCUT2D eigenvalue weighted by molar-refractivity contribution is 5.78. The molecule has 27 heavy (non-hydrogen) atoms. The van der Waals surface area contributed by atoms with Crippen molar-refractivity contribution < 1.29 is 9.53 Å². The van der Waals surface area contributed by atoms with E-state index in [1.807, 2.05) is 11.0 Å². The summed E-state index contributed by atoms with van der Waals surface area (Å²) in [4.78, 5) is 16.6. The summed E-state index contributed by atoms with van der Waals surface area (Å²) in [5.74, 6) is 0.724. The third-order valence-corrected chi connectivity index (χ3v) is 5.62. The fourth-order valence-corrected chi connectivity index (χ4v) is 3.99. The molecule has 4 rings (SSSR count). The predicted molar refractivity (Wildman–Crippen MR) is 104 cm³/mol. The van der Waals surface area contributed by atoms with Gasteiger partial charge in [-0.3, -0.25) is 14.8 Å². The van der Waals surface area contributed by atoms with Crippen LogP contribution in [0.3, 0.4) is 0 Å². The molecule has 2 aliphatic rings. The van der Waals surface area contributed by atoms with Crippen molar-refractivity contribution in [1.82, 2.24) is 20.0 Å². The second kappa shape index (κ2) is 8.67. The van der Waals surface area contributed by atoms with Crippen molar-refractivity contribution in [3.8, 4) is 0 Å². The number of hydrogen-bond acceptors (Lipinski definition) is 4. The molecular weight excluding hydrogens is 340 g/mol. The molecule has 0 aliphatic carbocycles. The quantitative estimate of drug-likeness (QED) is 0.877. The molecule has 2 aromatic rings. The third-order valence-electron chi connectivity index (χ3n) is 5.62. The zero-order valence-electron chi connectivity index (χ0n) is 15.8. The highest BCUT2D eigenvalue weighted by Crippen LogP contribution is 2.27. The summed E-state index contributed by atoms with van der Waals surface area (Å²) in [5, 5.41) is 7.76. The Kier molecular flexibility index (Phi) is 5.84. The van der Waals surface area contributed by atoms with E-state index in [1.165, 1.54) is 17.0 Å². The summed E-state index contributed by atoms with van der Waals surface area (Å²) < 4.78 is 5.32. The van der Waals surface area contributed by atoms with Crippen LogP contribution in [-0.4, -0.2) is 71.8 Å². The van der Waals surface area contributed by atoms with Crippen molar-refractivity contribution in [2.75, 3.05) is 45.9 Å². The van der Waals surface area contributed by atoms with Crippen molar-refractivity contribution in [3.63, 3.8) is 0 Å². The minimum atomic E-state index is 0.238. The van der Waals surface area contributed by atoms with Gasteiger partial charge in [0.05, 0.1) is 25.5 Å². The number of nitrogens with one attached hydrogen (secondary N) is 1. The van der Waals surface area contributed by atoms with Gasteiger partial charge in [-0.15, -0.1) is 0 Å². The zero-order valence-corrected chi connectivity index (χ0v) is 15.8. The molecule has 0 saturated carbocycles. The van der Waals surface area contributed by atoms with Gasteiger partial charge in [-0.25, -0.2) is 0 Å². The fraction of sp³-hybridized carbons (Fsp3) is 0.524. The summed E-state index contributed by atoms with van der Waals surface area (Å²) in [6.07, 6.45) is 3.01. The second-order valence-corrected chi connectivity index (χ2v) is 7.52. The Morgan fingerprint density at radius 2 is 1.85 bits per heavy atom. The van der Waals surface area contributed by atoms with Crippen LogP contribution in [-0.2, 0) is 16.0 Å². The molecule has 0 atom stereocenters. The Hall–Kier alpha value is -2.18. The van der Waals surface area contributed by atoms with Crippen LogP contribution < -0.4 is 0 Å². The maximum Gasteiger partial charge on any atom is 0.236 e. The normalized spacial score (nSPS) is 19.3. The maximum atomic E-state index is 12.4. The smallest absolute Gasteiger partial charge is 0.236 e. The molecule has 1 N–H and O–H groups in total. The number of aromatic amines is 1. The number of morpholine rings is 1. The van der Waals surface area contributed by atoms with Gasteiger partial charge < -0.3 is 9.64 Å². The van der Waals surface area contributed by atoms with Crippen molar-refractivity contribution in [3.05, 3.63) is 53.3 Å². The van der Waals surface area contributed by atoms with E-state index in [-0.39, 0.29) is 5.91 Å². The minimum Gasteiger partial charge on any atom is -0.378 e. The first kappa shape index (κ1) is 18.2. The highest BCUT2D eigenvalue weighted by atomic mass is 16.5. The van der Waals surface area contributed by atoms with Crippen molar-refractivity contribution >= 4 is 5.91 Å². The lowest BCUT2D eigenvalue weighted by molar-refractivity contribution is -0.136. The molecule has 1 aromatic carbocycles. The average molecular weight is 368 g/mol. The van der Waals surface area contributed by atoms with Crippen LogP contribution in [0.2, 0.25) is 0 Å². The number of carbonyl (C=O) groups is 1. The van der Waals surface area contributed by atoms with Crippen LogP contribution in [0.25, 0.3) is 0 Å². The maximum absolute atomic E-state index is 12.4. The fourth-order valence-electron chi connectivity index (χ4n) is 3.99. The summed E-state index contributed by atoms with van der Waals surface area (Å²) >= 11 is 0. The molecule has 0 unspecified atom stereocenters. The average Bonchev–Trinajstić information content (AvgIpc) is 3.18. The molecule has 6 nitrogen and oxygen atoms in total. The molecular formula is C21H28N4O2. The predicted octanol–water partition coefficient (Wildman–Crippen LogP) is 2.04. The first-order valence-electron chi connectivity index (χ1n) is 9.94. The van der Waals surface area contributed by atoms with Crippen LogP contribution >= 0.6 is 0 Å². The number of ether oxygens (including phenoxy) is 1. The molecule has 0 bridgehead atoms. The first-order chi connectivity index (χ1) is 13.3. The monoisotopic (exact) mass is 368 g/mol. The highest BCUT2D eigenvalue weighted by Gasteiger charge is 2.25. The van der Waals surface area contributed by atoms with Crippen molar-refractivity contribution in [2.45, 2.75) is 25.2 Å². The van der Waals surface area contributed by atoms with E-state index >= 15 is 0 Å². The Morgan fingerprint density at radius 1 is 1.11 bits per heavy atom. The lowest BCUT2D eigenvalue weighted by Crippen LogP contribution is -2.47. The molecule has 2 aliphatic heterocycles. The molecule has 6 heteroatoms. The van der Waals surface area contributed by atoms with Gasteiger partial charge in [0, 0.05) is 31.1 Å². The van der Waals surface area contributed by atoms with E-state index in [2.05, 4.69) is 45.4 Å². The number of carbonyl (C=O) groups excluding carboxylic acids is 1. The lowest BCUT2D eigenvalue weighted by Gasteiger charge is -2.33. The summed E-state index contributed by atoms with van der Waals surface area (Å²) in [5.41, 5.74) is 3.63. The minimum absolute atomic E-state index is 0.238. The number of benzene rings is 1. The molecule has 144 valence electrons. The van der Waals surface area contributed by atoms with Crippen molar-refractivity contribution in [1.29, 1.82) is 0 Å². The van der Waals surface area contributed by atoms with Gasteiger partial charge in [-0.05, 0) is 37.6 Å². The molecule has 2 fully saturated rings. The number of piperidine rings is 1. The van der Waals surface area contributed by atoms with Gasteiger partial charge in [0.1, 0.15) is 0 Å². The van der Waals surface area contributed by atoms with E-state index in [9.17, 15) is 4.79 Å². The van der Waals surface area contributed by atoms with Crippen LogP contribution in [0.4, 0.5) is 0 Å². The van der Waals surface area contributed by atoms with Crippen LogP contribution in [0, 0.1) is 0 Å². The zero-order chi connectivity index (χ0) is 18.5. The van der Waals surface area contributed by atoms with Crippen LogP contribution in [0.1, 0.15) is 35.7 Å². The van der Waals surface area contributed by atoms with Gasteiger partial charge >= 0.3 is 0 Å². The van der Waals surface area contributed by atoms with Gasteiger partial charge in [0.2, 0.25) is 5.91 Å².